The first-order valence-corrected chi connectivity index (χ1v) is 8.73. The highest BCUT2D eigenvalue weighted by molar-refractivity contribution is 7.84. The SMILES string of the molecule is Nc1ccccc1[C@@H]1OC2(CCCC2)O[C@H]1COS(N)(=O)=O. The van der Waals surface area contributed by atoms with Gasteiger partial charge in [-0.1, -0.05) is 18.2 Å². The van der Waals surface area contributed by atoms with Gasteiger partial charge in [-0.3, -0.25) is 4.18 Å². The zero-order valence-corrected chi connectivity index (χ0v) is 12.9. The fourth-order valence-electron chi connectivity index (χ4n) is 3.14. The molecule has 22 heavy (non-hydrogen) atoms. The van der Waals surface area contributed by atoms with E-state index in [9.17, 15) is 8.42 Å². The quantitative estimate of drug-likeness (QED) is 0.803. The number of hydrogen-bond acceptors (Lipinski definition) is 6. The summed E-state index contributed by atoms with van der Waals surface area (Å²) in [6.07, 6.45) is 2.55. The highest BCUT2D eigenvalue weighted by Crippen LogP contribution is 2.48. The van der Waals surface area contributed by atoms with Crippen molar-refractivity contribution in [3.63, 3.8) is 0 Å². The van der Waals surface area contributed by atoms with E-state index >= 15 is 0 Å². The molecule has 0 radical (unpaired) electrons. The minimum absolute atomic E-state index is 0.195. The molecule has 1 aromatic carbocycles. The number of anilines is 1. The van der Waals surface area contributed by atoms with Crippen LogP contribution in [0.1, 0.15) is 37.4 Å². The largest absolute Gasteiger partial charge is 0.398 e. The third-order valence-electron chi connectivity index (χ3n) is 4.11. The Hall–Kier alpha value is -1.19. The number of benzene rings is 1. The summed E-state index contributed by atoms with van der Waals surface area (Å²) in [5.41, 5.74) is 7.36. The molecule has 2 atom stereocenters. The van der Waals surface area contributed by atoms with Crippen LogP contribution in [0.15, 0.2) is 24.3 Å². The van der Waals surface area contributed by atoms with Crippen molar-refractivity contribution in [3.05, 3.63) is 29.8 Å². The van der Waals surface area contributed by atoms with Crippen molar-refractivity contribution in [1.29, 1.82) is 0 Å². The molecule has 3 rings (SSSR count). The van der Waals surface area contributed by atoms with Gasteiger partial charge in [0.15, 0.2) is 5.79 Å². The Balaban J connectivity index is 1.85. The van der Waals surface area contributed by atoms with Crippen LogP contribution in [0.5, 0.6) is 0 Å². The van der Waals surface area contributed by atoms with Gasteiger partial charge in [0.05, 0.1) is 6.61 Å². The maximum Gasteiger partial charge on any atom is 0.333 e. The van der Waals surface area contributed by atoms with Crippen molar-refractivity contribution >= 4 is 16.0 Å². The van der Waals surface area contributed by atoms with Crippen LogP contribution in [0, 0.1) is 0 Å². The third-order valence-corrected chi connectivity index (χ3v) is 4.57. The van der Waals surface area contributed by atoms with Gasteiger partial charge in [-0.2, -0.15) is 8.42 Å². The summed E-state index contributed by atoms with van der Waals surface area (Å²) in [6.45, 7) is -0.195. The second-order valence-corrected chi connectivity index (χ2v) is 6.94. The second-order valence-electron chi connectivity index (χ2n) is 5.72. The fourth-order valence-corrected chi connectivity index (χ4v) is 3.46. The average molecular weight is 328 g/mol. The molecule has 2 aliphatic rings. The van der Waals surface area contributed by atoms with E-state index in [2.05, 4.69) is 0 Å². The van der Waals surface area contributed by atoms with E-state index in [0.717, 1.165) is 31.2 Å². The lowest BCUT2D eigenvalue weighted by molar-refractivity contribution is -0.171. The van der Waals surface area contributed by atoms with E-state index in [1.54, 1.807) is 6.07 Å². The molecule has 1 heterocycles. The van der Waals surface area contributed by atoms with Crippen molar-refractivity contribution in [1.82, 2.24) is 0 Å². The van der Waals surface area contributed by atoms with Gasteiger partial charge in [0.25, 0.3) is 0 Å². The lowest BCUT2D eigenvalue weighted by Gasteiger charge is -2.22. The van der Waals surface area contributed by atoms with Crippen LogP contribution in [0.2, 0.25) is 0 Å². The van der Waals surface area contributed by atoms with E-state index < -0.39 is 28.3 Å². The number of para-hydroxylation sites is 1. The topological polar surface area (TPSA) is 114 Å². The normalized spacial score (nSPS) is 27.5. The average Bonchev–Trinajstić information content (AvgIpc) is 3.04. The summed E-state index contributed by atoms with van der Waals surface area (Å²) in [6, 6.07) is 7.30. The van der Waals surface area contributed by atoms with Gasteiger partial charge >= 0.3 is 10.3 Å². The highest BCUT2D eigenvalue weighted by Gasteiger charge is 2.50. The van der Waals surface area contributed by atoms with Gasteiger partial charge < -0.3 is 15.2 Å². The highest BCUT2D eigenvalue weighted by atomic mass is 32.2. The first-order chi connectivity index (χ1) is 10.4. The van der Waals surface area contributed by atoms with Gasteiger partial charge in [-0.25, -0.2) is 5.14 Å². The van der Waals surface area contributed by atoms with Gasteiger partial charge in [0, 0.05) is 24.1 Å². The summed E-state index contributed by atoms with van der Waals surface area (Å²) < 4.78 is 38.9. The van der Waals surface area contributed by atoms with E-state index in [1.807, 2.05) is 18.2 Å². The van der Waals surface area contributed by atoms with Gasteiger partial charge in [0.2, 0.25) is 0 Å². The molecule has 1 aliphatic carbocycles. The minimum atomic E-state index is -4.03. The molecule has 0 bridgehead atoms. The summed E-state index contributed by atoms with van der Waals surface area (Å²) in [5, 5.41) is 4.90. The Kier molecular flexibility index (Phi) is 4.13. The molecule has 4 N–H and O–H groups in total. The number of rotatable bonds is 4. The summed E-state index contributed by atoms with van der Waals surface area (Å²) in [5.74, 6) is -0.667. The first kappa shape index (κ1) is 15.7. The number of nitrogen functional groups attached to an aromatic ring is 1. The zero-order valence-electron chi connectivity index (χ0n) is 12.1. The van der Waals surface area contributed by atoms with E-state index in [0.29, 0.717) is 5.69 Å². The monoisotopic (exact) mass is 328 g/mol. The Labute approximate surface area is 129 Å². The van der Waals surface area contributed by atoms with Crippen LogP contribution in [0.25, 0.3) is 0 Å². The molecule has 1 saturated carbocycles. The molecule has 122 valence electrons. The van der Waals surface area contributed by atoms with Crippen molar-refractivity contribution < 1.29 is 22.1 Å². The Morgan fingerprint density at radius 2 is 1.91 bits per heavy atom. The number of ether oxygens (including phenoxy) is 2. The Morgan fingerprint density at radius 1 is 1.23 bits per heavy atom. The molecular formula is C14H20N2O5S. The molecule has 1 spiro atoms. The summed E-state index contributed by atoms with van der Waals surface area (Å²) >= 11 is 0. The van der Waals surface area contributed by atoms with Crippen molar-refractivity contribution in [2.24, 2.45) is 5.14 Å². The molecule has 0 aromatic heterocycles. The summed E-state index contributed by atoms with van der Waals surface area (Å²) in [4.78, 5) is 0. The Morgan fingerprint density at radius 3 is 2.55 bits per heavy atom. The van der Waals surface area contributed by atoms with E-state index in [1.165, 1.54) is 0 Å². The number of hydrogen-bond donors (Lipinski definition) is 2. The number of nitrogens with two attached hydrogens (primary N) is 2. The molecule has 2 fully saturated rings. The Bertz CT molecular complexity index is 642. The smallest absolute Gasteiger partial charge is 0.333 e. The minimum Gasteiger partial charge on any atom is -0.398 e. The molecular weight excluding hydrogens is 308 g/mol. The molecule has 8 heteroatoms. The lowest BCUT2D eigenvalue weighted by Crippen LogP contribution is -2.29. The van der Waals surface area contributed by atoms with E-state index in [-0.39, 0.29) is 6.61 Å². The molecule has 0 amide bonds. The zero-order chi connectivity index (χ0) is 15.8. The first-order valence-electron chi connectivity index (χ1n) is 7.26. The summed E-state index contributed by atoms with van der Waals surface area (Å²) in [7, 11) is -4.03. The lowest BCUT2D eigenvalue weighted by atomic mass is 10.0. The van der Waals surface area contributed by atoms with Gasteiger partial charge in [-0.05, 0) is 18.9 Å². The van der Waals surface area contributed by atoms with Crippen LogP contribution < -0.4 is 10.9 Å². The van der Waals surface area contributed by atoms with Crippen molar-refractivity contribution in [3.8, 4) is 0 Å². The molecule has 0 unspecified atom stereocenters. The predicted molar refractivity (Wildman–Crippen MR) is 79.8 cm³/mol. The van der Waals surface area contributed by atoms with Crippen molar-refractivity contribution in [2.45, 2.75) is 43.7 Å². The van der Waals surface area contributed by atoms with E-state index in [4.69, 9.17) is 24.5 Å². The third kappa shape index (κ3) is 3.26. The van der Waals surface area contributed by atoms with Gasteiger partial charge in [0.1, 0.15) is 12.2 Å². The molecule has 1 aliphatic heterocycles. The van der Waals surface area contributed by atoms with Crippen LogP contribution in [0.4, 0.5) is 5.69 Å². The van der Waals surface area contributed by atoms with Crippen molar-refractivity contribution in [2.75, 3.05) is 12.3 Å². The molecule has 1 saturated heterocycles. The maximum atomic E-state index is 11.0. The van der Waals surface area contributed by atoms with Crippen LogP contribution in [-0.4, -0.2) is 26.9 Å². The van der Waals surface area contributed by atoms with Gasteiger partial charge in [-0.15, -0.1) is 0 Å². The fraction of sp³-hybridized carbons (Fsp3) is 0.571. The van der Waals surface area contributed by atoms with Crippen LogP contribution in [-0.2, 0) is 24.0 Å². The maximum absolute atomic E-state index is 11.0. The molecule has 7 nitrogen and oxygen atoms in total. The van der Waals surface area contributed by atoms with Crippen LogP contribution in [0.3, 0.4) is 0 Å². The standard InChI is InChI=1S/C14H20N2O5S/c15-11-6-2-1-5-10(11)13-12(9-19-22(16,17)18)20-14(21-13)7-3-4-8-14/h1-2,5-6,12-13H,3-4,7-9,15H2,(H2,16,17,18)/t12-,13-/m0/s1. The predicted octanol–water partition coefficient (Wildman–Crippen LogP) is 1.22. The molecule has 1 aromatic rings. The second kappa shape index (κ2) is 5.78. The van der Waals surface area contributed by atoms with Crippen LogP contribution >= 0.6 is 0 Å².